The van der Waals surface area contributed by atoms with Crippen LogP contribution in [0.4, 0.5) is 10.1 Å². The van der Waals surface area contributed by atoms with Crippen molar-refractivity contribution in [2.24, 2.45) is 4.99 Å². The van der Waals surface area contributed by atoms with E-state index in [-0.39, 0.29) is 5.82 Å². The maximum atomic E-state index is 13.0. The molecule has 0 spiro atoms. The van der Waals surface area contributed by atoms with Crippen LogP contribution in [0.2, 0.25) is 0 Å². The Morgan fingerprint density at radius 2 is 1.97 bits per heavy atom. The molecule has 2 aromatic carbocycles. The van der Waals surface area contributed by atoms with Gasteiger partial charge >= 0.3 is 0 Å². The third-order valence-electron chi connectivity index (χ3n) is 4.25. The van der Waals surface area contributed by atoms with E-state index in [0.29, 0.717) is 16.1 Å². The highest BCUT2D eigenvalue weighted by molar-refractivity contribution is 7.98. The van der Waals surface area contributed by atoms with Gasteiger partial charge in [0.05, 0.1) is 12.0 Å². The zero-order chi connectivity index (χ0) is 20.8. The smallest absolute Gasteiger partial charge is 0.299 e. The molecule has 0 aliphatic heterocycles. The molecule has 1 heterocycles. The molecule has 0 N–H and O–H groups in total. The Labute approximate surface area is 178 Å². The van der Waals surface area contributed by atoms with Gasteiger partial charge in [-0.05, 0) is 61.7 Å². The second-order valence-electron chi connectivity index (χ2n) is 6.58. The Balaban J connectivity index is 1.65. The van der Waals surface area contributed by atoms with Crippen LogP contribution in [0.15, 0.2) is 46.5 Å². The van der Waals surface area contributed by atoms with Crippen molar-refractivity contribution in [2.75, 3.05) is 13.6 Å². The van der Waals surface area contributed by atoms with Crippen molar-refractivity contribution in [3.05, 3.63) is 58.9 Å². The van der Waals surface area contributed by atoms with E-state index in [4.69, 9.17) is 4.74 Å². The van der Waals surface area contributed by atoms with Crippen molar-refractivity contribution < 1.29 is 9.13 Å². The molecule has 5 nitrogen and oxygen atoms in total. The van der Waals surface area contributed by atoms with E-state index in [2.05, 4.69) is 21.3 Å². The van der Waals surface area contributed by atoms with Crippen LogP contribution in [-0.4, -0.2) is 34.2 Å². The first-order valence-electron chi connectivity index (χ1n) is 9.19. The molecular formula is C21H23FN4OS2. The van der Waals surface area contributed by atoms with Crippen molar-refractivity contribution in [1.82, 2.24) is 14.3 Å². The van der Waals surface area contributed by atoms with Gasteiger partial charge < -0.3 is 9.64 Å². The Morgan fingerprint density at radius 3 is 2.69 bits per heavy atom. The molecule has 0 atom stereocenters. The maximum Gasteiger partial charge on any atom is 0.299 e. The molecule has 1 aromatic heterocycles. The van der Waals surface area contributed by atoms with Gasteiger partial charge in [-0.2, -0.15) is 9.36 Å². The van der Waals surface area contributed by atoms with Gasteiger partial charge in [-0.1, -0.05) is 23.9 Å². The number of aryl methyl sites for hydroxylation is 2. The van der Waals surface area contributed by atoms with E-state index in [1.165, 1.54) is 35.4 Å². The molecule has 0 bridgehead atoms. The Kier molecular flexibility index (Phi) is 7.22. The first-order valence-corrected chi connectivity index (χ1v) is 10.9. The molecule has 0 aliphatic rings. The third-order valence-corrected chi connectivity index (χ3v) is 5.88. The van der Waals surface area contributed by atoms with Crippen LogP contribution >= 0.6 is 23.3 Å². The Morgan fingerprint density at radius 1 is 1.21 bits per heavy atom. The number of aliphatic imine (C=N–C) groups is 1. The van der Waals surface area contributed by atoms with Crippen LogP contribution in [0.3, 0.4) is 0 Å². The molecule has 0 amide bonds. The number of ether oxygens (including phenoxy) is 1. The number of benzene rings is 2. The average Bonchev–Trinajstić information content (AvgIpc) is 3.16. The van der Waals surface area contributed by atoms with E-state index < -0.39 is 0 Å². The summed E-state index contributed by atoms with van der Waals surface area (Å²) in [5, 5.41) is 1.14. The lowest BCUT2D eigenvalue weighted by atomic mass is 10.1. The number of aromatic nitrogens is 2. The second-order valence-corrected chi connectivity index (χ2v) is 8.24. The van der Waals surface area contributed by atoms with Crippen LogP contribution < -0.4 is 4.74 Å². The third kappa shape index (κ3) is 6.01. The van der Waals surface area contributed by atoms with E-state index in [9.17, 15) is 4.39 Å². The van der Waals surface area contributed by atoms with Crippen molar-refractivity contribution in [3.63, 3.8) is 0 Å². The number of rotatable bonds is 8. The lowest BCUT2D eigenvalue weighted by Crippen LogP contribution is -2.14. The molecule has 8 heteroatoms. The van der Waals surface area contributed by atoms with Gasteiger partial charge in [-0.3, -0.25) is 0 Å². The summed E-state index contributed by atoms with van der Waals surface area (Å²) in [6, 6.07) is 10.4. The monoisotopic (exact) mass is 430 g/mol. The molecule has 0 saturated carbocycles. The molecule has 29 heavy (non-hydrogen) atoms. The normalized spacial score (nSPS) is 11.2. The first kappa shape index (κ1) is 21.3. The quantitative estimate of drug-likeness (QED) is 0.250. The van der Waals surface area contributed by atoms with Gasteiger partial charge in [0.25, 0.3) is 5.19 Å². The van der Waals surface area contributed by atoms with E-state index in [1.807, 2.05) is 44.3 Å². The van der Waals surface area contributed by atoms with Crippen LogP contribution in [-0.2, 0) is 5.75 Å². The zero-order valence-corrected chi connectivity index (χ0v) is 18.5. The molecule has 0 radical (unpaired) electrons. The molecule has 3 aromatic rings. The number of halogens is 1. The summed E-state index contributed by atoms with van der Waals surface area (Å²) in [7, 11) is 1.99. The zero-order valence-electron chi connectivity index (χ0n) is 16.8. The minimum atomic E-state index is -0.235. The van der Waals surface area contributed by atoms with Gasteiger partial charge in [0.15, 0.2) is 0 Å². The molecule has 3 rings (SSSR count). The lowest BCUT2D eigenvalue weighted by molar-refractivity contribution is 0.471. The van der Waals surface area contributed by atoms with Gasteiger partial charge in [0.2, 0.25) is 5.16 Å². The molecule has 0 aliphatic carbocycles. The predicted molar refractivity (Wildman–Crippen MR) is 118 cm³/mol. The number of nitrogens with zero attached hydrogens (tertiary/aromatic N) is 4. The minimum absolute atomic E-state index is 0.235. The fraction of sp³-hybridized carbons (Fsp3) is 0.286. The Bertz CT molecular complexity index is 989. The average molecular weight is 431 g/mol. The highest BCUT2D eigenvalue weighted by Crippen LogP contribution is 2.33. The summed E-state index contributed by atoms with van der Waals surface area (Å²) in [5.74, 6) is 1.19. The largest absolute Gasteiger partial charge is 0.430 e. The number of thioether (sulfide) groups is 1. The molecular weight excluding hydrogens is 407 g/mol. The SMILES string of the molecule is CCN(C)C=Nc1cc(C)c(Oc2nc(SCc3ccc(F)cc3)ns2)cc1C. The molecule has 0 saturated heterocycles. The van der Waals surface area contributed by atoms with Crippen molar-refractivity contribution >= 4 is 35.3 Å². The Hall–Kier alpha value is -2.45. The molecule has 0 fully saturated rings. The lowest BCUT2D eigenvalue weighted by Gasteiger charge is -2.11. The van der Waals surface area contributed by atoms with Crippen LogP contribution in [0.5, 0.6) is 10.9 Å². The van der Waals surface area contributed by atoms with Crippen molar-refractivity contribution in [1.29, 1.82) is 0 Å². The van der Waals surface area contributed by atoms with Crippen LogP contribution in [0.25, 0.3) is 0 Å². The van der Waals surface area contributed by atoms with E-state index in [1.54, 1.807) is 12.1 Å². The van der Waals surface area contributed by atoms with Gasteiger partial charge in [-0.25, -0.2) is 9.38 Å². The van der Waals surface area contributed by atoms with Gasteiger partial charge in [0.1, 0.15) is 11.6 Å². The van der Waals surface area contributed by atoms with Crippen molar-refractivity contribution in [2.45, 2.75) is 31.7 Å². The summed E-state index contributed by atoms with van der Waals surface area (Å²) in [6.07, 6.45) is 1.83. The second kappa shape index (κ2) is 9.84. The highest BCUT2D eigenvalue weighted by Gasteiger charge is 2.11. The maximum absolute atomic E-state index is 13.0. The fourth-order valence-electron chi connectivity index (χ4n) is 2.39. The molecule has 152 valence electrons. The molecule has 0 unspecified atom stereocenters. The summed E-state index contributed by atoms with van der Waals surface area (Å²) < 4.78 is 23.3. The standard InChI is InChI=1S/C21H23FN4OS2/c1-5-26(4)13-23-18-10-15(3)19(11-14(18)2)27-21-24-20(25-29-21)28-12-16-6-8-17(22)9-7-16/h6-11,13H,5,12H2,1-4H3. The van der Waals surface area contributed by atoms with Crippen LogP contribution in [0, 0.1) is 19.7 Å². The van der Waals surface area contributed by atoms with E-state index >= 15 is 0 Å². The first-order chi connectivity index (χ1) is 13.9. The summed E-state index contributed by atoms with van der Waals surface area (Å²) in [6.45, 7) is 6.98. The highest BCUT2D eigenvalue weighted by atomic mass is 32.2. The van der Waals surface area contributed by atoms with E-state index in [0.717, 1.165) is 34.7 Å². The van der Waals surface area contributed by atoms with Gasteiger partial charge in [-0.15, -0.1) is 0 Å². The fourth-order valence-corrected chi connectivity index (χ4v) is 3.85. The minimum Gasteiger partial charge on any atom is -0.430 e. The van der Waals surface area contributed by atoms with Crippen molar-refractivity contribution in [3.8, 4) is 10.9 Å². The predicted octanol–water partition coefficient (Wildman–Crippen LogP) is 5.99. The van der Waals surface area contributed by atoms with Crippen LogP contribution in [0.1, 0.15) is 23.6 Å². The number of hydrogen-bond acceptors (Lipinski definition) is 6. The summed E-state index contributed by atoms with van der Waals surface area (Å²) in [4.78, 5) is 11.0. The summed E-state index contributed by atoms with van der Waals surface area (Å²) >= 11 is 2.71. The summed E-state index contributed by atoms with van der Waals surface area (Å²) in [5.41, 5.74) is 3.95. The van der Waals surface area contributed by atoms with Gasteiger partial charge in [0, 0.05) is 30.9 Å². The number of hydrogen-bond donors (Lipinski definition) is 0. The topological polar surface area (TPSA) is 50.6 Å².